The molecule has 2 N–H and O–H groups in total. The van der Waals surface area contributed by atoms with Gasteiger partial charge in [-0.3, -0.25) is 4.98 Å². The number of rotatable bonds is 9. The number of aromatic nitrogens is 2. The second-order valence-corrected chi connectivity index (χ2v) is 7.58. The summed E-state index contributed by atoms with van der Waals surface area (Å²) in [5, 5.41) is 7.62. The van der Waals surface area contributed by atoms with Crippen LogP contribution in [0.15, 0.2) is 83.8 Å². The molecule has 0 atom stereocenters. The second-order valence-electron chi connectivity index (χ2n) is 6.86. The lowest BCUT2D eigenvalue weighted by molar-refractivity contribution is 0.251. The van der Waals surface area contributed by atoms with Gasteiger partial charge in [0.2, 0.25) is 0 Å². The van der Waals surface area contributed by atoms with E-state index in [-0.39, 0.29) is 6.03 Å². The highest BCUT2D eigenvalue weighted by molar-refractivity contribution is 7.07. The third kappa shape index (κ3) is 6.55. The second kappa shape index (κ2) is 10.9. The molecule has 2 aromatic heterocycles. The maximum absolute atomic E-state index is 12.3. The molecule has 0 unspecified atom stereocenters. The highest BCUT2D eigenvalue weighted by Gasteiger charge is 2.05. The van der Waals surface area contributed by atoms with Crippen LogP contribution in [0.4, 0.5) is 10.5 Å². The van der Waals surface area contributed by atoms with Crippen molar-refractivity contribution < 1.29 is 14.3 Å². The van der Waals surface area contributed by atoms with Crippen LogP contribution in [0.3, 0.4) is 0 Å². The van der Waals surface area contributed by atoms with Crippen LogP contribution < -0.4 is 20.1 Å². The van der Waals surface area contributed by atoms with E-state index in [4.69, 9.17) is 9.47 Å². The molecule has 4 aromatic rings. The molecule has 162 valence electrons. The summed E-state index contributed by atoms with van der Waals surface area (Å²) in [6.07, 6.45) is 1.74. The standard InChI is InChI=1S/C24H22N4O3S/c29-24(28-19-7-4-9-23(12-19)31-15-21-16-32-17-27-21)26-13-18-5-3-8-22(11-18)30-14-20-6-1-2-10-25-20/h1-12,16-17H,13-15H2,(H2,26,28,29). The van der Waals surface area contributed by atoms with Gasteiger partial charge in [-0.1, -0.05) is 24.3 Å². The Kier molecular flexibility index (Phi) is 7.28. The van der Waals surface area contributed by atoms with Gasteiger partial charge in [0.05, 0.1) is 16.9 Å². The summed E-state index contributed by atoms with van der Waals surface area (Å²) in [6.45, 7) is 1.14. The third-order valence-electron chi connectivity index (χ3n) is 4.43. The first-order chi connectivity index (χ1) is 15.7. The van der Waals surface area contributed by atoms with Crippen molar-refractivity contribution >= 4 is 23.1 Å². The summed E-state index contributed by atoms with van der Waals surface area (Å²) in [6, 6.07) is 20.3. The summed E-state index contributed by atoms with van der Waals surface area (Å²) in [4.78, 5) is 20.8. The Morgan fingerprint density at radius 2 is 1.69 bits per heavy atom. The largest absolute Gasteiger partial charge is 0.487 e. The molecule has 32 heavy (non-hydrogen) atoms. The topological polar surface area (TPSA) is 85.4 Å². The number of carbonyl (C=O) groups excluding carboxylic acids is 1. The number of nitrogens with zero attached hydrogens (tertiary/aromatic N) is 2. The summed E-state index contributed by atoms with van der Waals surface area (Å²) < 4.78 is 11.5. The first kappa shape index (κ1) is 21.3. The van der Waals surface area contributed by atoms with Crippen LogP contribution in [0, 0.1) is 0 Å². The van der Waals surface area contributed by atoms with E-state index < -0.39 is 0 Å². The summed E-state index contributed by atoms with van der Waals surface area (Å²) >= 11 is 1.53. The maximum Gasteiger partial charge on any atom is 0.319 e. The molecule has 8 heteroatoms. The lowest BCUT2D eigenvalue weighted by Gasteiger charge is -2.11. The van der Waals surface area contributed by atoms with Crippen molar-refractivity contribution in [2.75, 3.05) is 5.32 Å². The molecule has 0 aliphatic rings. The number of nitrogens with one attached hydrogen (secondary N) is 2. The quantitative estimate of drug-likeness (QED) is 0.377. The molecule has 0 saturated heterocycles. The fourth-order valence-electron chi connectivity index (χ4n) is 2.87. The number of amides is 2. The zero-order valence-electron chi connectivity index (χ0n) is 17.2. The number of anilines is 1. The van der Waals surface area contributed by atoms with Gasteiger partial charge in [0.1, 0.15) is 24.7 Å². The molecule has 0 aliphatic heterocycles. The highest BCUT2D eigenvalue weighted by atomic mass is 32.1. The monoisotopic (exact) mass is 446 g/mol. The number of pyridine rings is 1. The fourth-order valence-corrected chi connectivity index (χ4v) is 3.42. The Morgan fingerprint density at radius 1 is 0.875 bits per heavy atom. The lowest BCUT2D eigenvalue weighted by Crippen LogP contribution is -2.28. The molecule has 2 heterocycles. The van der Waals surface area contributed by atoms with Gasteiger partial charge < -0.3 is 20.1 Å². The number of carbonyl (C=O) groups is 1. The van der Waals surface area contributed by atoms with Gasteiger partial charge in [-0.25, -0.2) is 9.78 Å². The summed E-state index contributed by atoms with van der Waals surface area (Å²) in [5.74, 6) is 1.38. The van der Waals surface area contributed by atoms with Crippen LogP contribution in [0.2, 0.25) is 0 Å². The number of urea groups is 1. The van der Waals surface area contributed by atoms with Gasteiger partial charge in [0.25, 0.3) is 0 Å². The fraction of sp³-hybridized carbons (Fsp3) is 0.125. The molecule has 0 radical (unpaired) electrons. The summed E-state index contributed by atoms with van der Waals surface area (Å²) in [7, 11) is 0. The maximum atomic E-state index is 12.3. The highest BCUT2D eigenvalue weighted by Crippen LogP contribution is 2.19. The van der Waals surface area contributed by atoms with Crippen LogP contribution in [-0.2, 0) is 19.8 Å². The van der Waals surface area contributed by atoms with Crippen LogP contribution in [0.25, 0.3) is 0 Å². The zero-order valence-corrected chi connectivity index (χ0v) is 18.0. The van der Waals surface area contributed by atoms with Gasteiger partial charge in [-0.2, -0.15) is 0 Å². The smallest absolute Gasteiger partial charge is 0.319 e. The number of benzene rings is 2. The molecule has 0 bridgehead atoms. The molecular weight excluding hydrogens is 424 g/mol. The number of hydrogen-bond donors (Lipinski definition) is 2. The minimum atomic E-state index is -0.304. The number of ether oxygens (including phenoxy) is 2. The minimum Gasteiger partial charge on any atom is -0.487 e. The molecule has 2 amide bonds. The Hall–Kier alpha value is -3.91. The molecule has 7 nitrogen and oxygen atoms in total. The van der Waals surface area contributed by atoms with Crippen molar-refractivity contribution in [2.45, 2.75) is 19.8 Å². The predicted octanol–water partition coefficient (Wildman–Crippen LogP) is 5.02. The van der Waals surface area contributed by atoms with E-state index >= 15 is 0 Å². The van der Waals surface area contributed by atoms with Gasteiger partial charge in [0, 0.05) is 29.9 Å². The van der Waals surface area contributed by atoms with Gasteiger partial charge in [-0.05, 0) is 42.0 Å². The molecule has 0 fully saturated rings. The van der Waals surface area contributed by atoms with Crippen molar-refractivity contribution in [2.24, 2.45) is 0 Å². The van der Waals surface area contributed by atoms with Crippen LogP contribution in [-0.4, -0.2) is 16.0 Å². The van der Waals surface area contributed by atoms with Crippen molar-refractivity contribution in [1.29, 1.82) is 0 Å². The Bertz CT molecular complexity index is 1140. The molecule has 4 rings (SSSR count). The molecule has 0 aliphatic carbocycles. The van der Waals surface area contributed by atoms with E-state index in [2.05, 4.69) is 20.6 Å². The Morgan fingerprint density at radius 3 is 2.47 bits per heavy atom. The first-order valence-corrected chi connectivity index (χ1v) is 11.0. The average molecular weight is 447 g/mol. The van der Waals surface area contributed by atoms with E-state index in [1.165, 1.54) is 11.3 Å². The Labute approximate surface area is 190 Å². The van der Waals surface area contributed by atoms with E-state index in [1.807, 2.05) is 60.0 Å². The molecule has 0 spiro atoms. The molecular formula is C24H22N4O3S. The first-order valence-electron chi connectivity index (χ1n) is 10.0. The average Bonchev–Trinajstić information content (AvgIpc) is 3.35. The van der Waals surface area contributed by atoms with Crippen molar-refractivity contribution in [3.8, 4) is 11.5 Å². The van der Waals surface area contributed by atoms with E-state index in [0.717, 1.165) is 22.7 Å². The number of thiazole rings is 1. The minimum absolute atomic E-state index is 0.304. The van der Waals surface area contributed by atoms with E-state index in [1.54, 1.807) is 23.8 Å². The van der Waals surface area contributed by atoms with Crippen LogP contribution in [0.5, 0.6) is 11.5 Å². The summed E-state index contributed by atoms with van der Waals surface area (Å²) in [5.41, 5.74) is 5.07. The van der Waals surface area contributed by atoms with E-state index in [9.17, 15) is 4.79 Å². The predicted molar refractivity (Wildman–Crippen MR) is 124 cm³/mol. The van der Waals surface area contributed by atoms with Gasteiger partial charge >= 0.3 is 6.03 Å². The third-order valence-corrected chi connectivity index (χ3v) is 5.06. The van der Waals surface area contributed by atoms with Crippen LogP contribution >= 0.6 is 11.3 Å². The molecule has 0 saturated carbocycles. The lowest BCUT2D eigenvalue weighted by atomic mass is 10.2. The van der Waals surface area contributed by atoms with Gasteiger partial charge in [-0.15, -0.1) is 11.3 Å². The normalized spacial score (nSPS) is 10.4. The van der Waals surface area contributed by atoms with E-state index in [0.29, 0.717) is 31.2 Å². The van der Waals surface area contributed by atoms with Crippen molar-refractivity contribution in [3.63, 3.8) is 0 Å². The van der Waals surface area contributed by atoms with Crippen molar-refractivity contribution in [3.05, 3.63) is 101 Å². The van der Waals surface area contributed by atoms with Crippen molar-refractivity contribution in [1.82, 2.24) is 15.3 Å². The Balaban J connectivity index is 1.25. The van der Waals surface area contributed by atoms with Gasteiger partial charge in [0.15, 0.2) is 0 Å². The van der Waals surface area contributed by atoms with Crippen LogP contribution in [0.1, 0.15) is 17.0 Å². The molecule has 2 aromatic carbocycles. The number of hydrogen-bond acceptors (Lipinski definition) is 6. The SMILES string of the molecule is O=C(NCc1cccc(OCc2ccccn2)c1)Nc1cccc(OCc2cscn2)c1. The zero-order chi connectivity index (χ0) is 22.0.